The Kier molecular flexibility index (Phi) is 4.66. The second-order valence-corrected chi connectivity index (χ2v) is 8.19. The van der Waals surface area contributed by atoms with Gasteiger partial charge in [-0.1, -0.05) is 12.8 Å². The molecule has 4 nitrogen and oxygen atoms in total. The number of halogens is 2. The average Bonchev–Trinajstić information content (AvgIpc) is 2.80. The number of alkyl halides is 2. The molecule has 0 unspecified atom stereocenters. The molecule has 0 atom stereocenters. The molecule has 2 rings (SSSR count). The van der Waals surface area contributed by atoms with Gasteiger partial charge in [-0.2, -0.15) is 0 Å². The number of sulfone groups is 1. The summed E-state index contributed by atoms with van der Waals surface area (Å²) in [7, 11) is -3.62. The summed E-state index contributed by atoms with van der Waals surface area (Å²) in [5, 5.41) is 1.93. The fraction of sp³-hybridized carbons (Fsp3) is 0.923. The fourth-order valence-corrected chi connectivity index (χ4v) is 4.65. The van der Waals surface area contributed by atoms with Gasteiger partial charge in [-0.15, -0.1) is 0 Å². The van der Waals surface area contributed by atoms with Gasteiger partial charge in [0.15, 0.2) is 9.84 Å². The van der Waals surface area contributed by atoms with E-state index in [0.29, 0.717) is 0 Å². The SMILES string of the molecule is O=C(CS(=O)(=O)C1CCC(F)(F)CC1)NC1CCCC1. The van der Waals surface area contributed by atoms with E-state index >= 15 is 0 Å². The van der Waals surface area contributed by atoms with Crippen molar-refractivity contribution in [2.75, 3.05) is 5.75 Å². The molecule has 0 heterocycles. The van der Waals surface area contributed by atoms with Gasteiger partial charge in [0.2, 0.25) is 11.8 Å². The predicted octanol–water partition coefficient (Wildman–Crippen LogP) is 2.04. The van der Waals surface area contributed by atoms with Crippen LogP contribution in [0.5, 0.6) is 0 Å². The third kappa shape index (κ3) is 4.14. The Hall–Kier alpha value is -0.720. The van der Waals surface area contributed by atoms with Gasteiger partial charge in [0.25, 0.3) is 0 Å². The van der Waals surface area contributed by atoms with Gasteiger partial charge in [-0.3, -0.25) is 4.79 Å². The molecule has 0 bridgehead atoms. The predicted molar refractivity (Wildman–Crippen MR) is 71.4 cm³/mol. The molecule has 0 aromatic carbocycles. The van der Waals surface area contributed by atoms with Crippen LogP contribution in [-0.2, 0) is 14.6 Å². The zero-order valence-corrected chi connectivity index (χ0v) is 12.2. The van der Waals surface area contributed by atoms with Crippen molar-refractivity contribution >= 4 is 15.7 Å². The Morgan fingerprint density at radius 2 is 1.65 bits per heavy atom. The van der Waals surface area contributed by atoms with Crippen molar-refractivity contribution in [3.63, 3.8) is 0 Å². The minimum absolute atomic E-state index is 0.0496. The van der Waals surface area contributed by atoms with Crippen LogP contribution in [0.3, 0.4) is 0 Å². The molecular weight excluding hydrogens is 288 g/mol. The van der Waals surface area contributed by atoms with Crippen LogP contribution in [0.25, 0.3) is 0 Å². The molecule has 1 N–H and O–H groups in total. The molecule has 0 spiro atoms. The maximum absolute atomic E-state index is 13.0. The molecule has 0 aromatic heterocycles. The van der Waals surface area contributed by atoms with Crippen LogP contribution >= 0.6 is 0 Å². The van der Waals surface area contributed by atoms with Gasteiger partial charge < -0.3 is 5.32 Å². The number of carbonyl (C=O) groups is 1. The molecule has 0 aliphatic heterocycles. The largest absolute Gasteiger partial charge is 0.352 e. The first-order valence-corrected chi connectivity index (χ1v) is 8.89. The van der Waals surface area contributed by atoms with Crippen LogP contribution in [0.4, 0.5) is 8.78 Å². The van der Waals surface area contributed by atoms with E-state index < -0.39 is 45.5 Å². The average molecular weight is 309 g/mol. The molecule has 2 saturated carbocycles. The number of nitrogens with one attached hydrogen (secondary N) is 1. The highest BCUT2D eigenvalue weighted by Gasteiger charge is 2.40. The van der Waals surface area contributed by atoms with Crippen molar-refractivity contribution in [2.24, 2.45) is 0 Å². The fourth-order valence-electron chi connectivity index (χ4n) is 3.01. The van der Waals surface area contributed by atoms with Gasteiger partial charge in [0.1, 0.15) is 5.75 Å². The lowest BCUT2D eigenvalue weighted by atomic mass is 9.96. The molecule has 0 radical (unpaired) electrons. The quantitative estimate of drug-likeness (QED) is 0.864. The summed E-state index contributed by atoms with van der Waals surface area (Å²) in [5.41, 5.74) is 0. The van der Waals surface area contributed by atoms with E-state index in [-0.39, 0.29) is 18.9 Å². The number of hydrogen-bond acceptors (Lipinski definition) is 3. The molecule has 2 aliphatic carbocycles. The summed E-state index contributed by atoms with van der Waals surface area (Å²) < 4.78 is 50.2. The number of carbonyl (C=O) groups excluding carboxylic acids is 1. The van der Waals surface area contributed by atoms with Crippen LogP contribution in [0.2, 0.25) is 0 Å². The summed E-state index contributed by atoms with van der Waals surface area (Å²) >= 11 is 0. The lowest BCUT2D eigenvalue weighted by Crippen LogP contribution is -2.41. The Bertz CT molecular complexity index is 448. The van der Waals surface area contributed by atoms with Gasteiger partial charge in [-0.05, 0) is 25.7 Å². The smallest absolute Gasteiger partial charge is 0.248 e. The van der Waals surface area contributed by atoms with Crippen LogP contribution in [-0.4, -0.2) is 37.3 Å². The second kappa shape index (κ2) is 5.95. The van der Waals surface area contributed by atoms with Crippen LogP contribution in [0.1, 0.15) is 51.4 Å². The first-order chi connectivity index (χ1) is 9.28. The van der Waals surface area contributed by atoms with Gasteiger partial charge in [0, 0.05) is 18.9 Å². The van der Waals surface area contributed by atoms with E-state index in [1.807, 2.05) is 0 Å². The normalized spacial score (nSPS) is 24.7. The maximum Gasteiger partial charge on any atom is 0.248 e. The summed E-state index contributed by atoms with van der Waals surface area (Å²) in [6.07, 6.45) is 2.98. The molecule has 2 aliphatic rings. The van der Waals surface area contributed by atoms with Crippen LogP contribution in [0.15, 0.2) is 0 Å². The van der Waals surface area contributed by atoms with E-state index in [4.69, 9.17) is 0 Å². The molecular formula is C13H21F2NO3S. The molecule has 0 saturated heterocycles. The van der Waals surface area contributed by atoms with Gasteiger partial charge in [0.05, 0.1) is 5.25 Å². The minimum Gasteiger partial charge on any atom is -0.352 e. The van der Waals surface area contributed by atoms with Crippen LogP contribution < -0.4 is 5.32 Å². The van der Waals surface area contributed by atoms with Crippen molar-refractivity contribution in [1.82, 2.24) is 5.32 Å². The Balaban J connectivity index is 1.85. The minimum atomic E-state index is -3.62. The first-order valence-electron chi connectivity index (χ1n) is 7.17. The topological polar surface area (TPSA) is 63.2 Å². The lowest BCUT2D eigenvalue weighted by Gasteiger charge is -2.27. The summed E-state index contributed by atoms with van der Waals surface area (Å²) in [5.74, 6) is -3.81. The van der Waals surface area contributed by atoms with E-state index in [9.17, 15) is 22.0 Å². The molecule has 7 heteroatoms. The third-order valence-corrected chi connectivity index (χ3v) is 6.38. The molecule has 1 amide bonds. The number of hydrogen-bond donors (Lipinski definition) is 1. The zero-order chi connectivity index (χ0) is 14.8. The van der Waals surface area contributed by atoms with Gasteiger partial charge >= 0.3 is 0 Å². The highest BCUT2D eigenvalue weighted by molar-refractivity contribution is 7.92. The third-order valence-electron chi connectivity index (χ3n) is 4.22. The van der Waals surface area contributed by atoms with Gasteiger partial charge in [-0.25, -0.2) is 17.2 Å². The van der Waals surface area contributed by atoms with E-state index in [1.54, 1.807) is 0 Å². The molecule has 0 aromatic rings. The summed E-state index contributed by atoms with van der Waals surface area (Å²) in [6, 6.07) is 0.0772. The molecule has 2 fully saturated rings. The van der Waals surface area contributed by atoms with Crippen molar-refractivity contribution in [2.45, 2.75) is 68.6 Å². The Labute approximate surface area is 118 Å². The van der Waals surface area contributed by atoms with Crippen molar-refractivity contribution in [1.29, 1.82) is 0 Å². The number of rotatable bonds is 4. The summed E-state index contributed by atoms with van der Waals surface area (Å²) in [4.78, 5) is 11.7. The second-order valence-electron chi connectivity index (χ2n) is 5.91. The Morgan fingerprint density at radius 3 is 2.20 bits per heavy atom. The van der Waals surface area contributed by atoms with Crippen molar-refractivity contribution in [3.8, 4) is 0 Å². The monoisotopic (exact) mass is 309 g/mol. The van der Waals surface area contributed by atoms with E-state index in [2.05, 4.69) is 5.32 Å². The van der Waals surface area contributed by atoms with Crippen LogP contribution in [0, 0.1) is 0 Å². The van der Waals surface area contributed by atoms with E-state index in [1.165, 1.54) is 0 Å². The number of amides is 1. The highest BCUT2D eigenvalue weighted by Crippen LogP contribution is 2.35. The maximum atomic E-state index is 13.0. The van der Waals surface area contributed by atoms with Crippen molar-refractivity contribution in [3.05, 3.63) is 0 Å². The first kappa shape index (κ1) is 15.7. The lowest BCUT2D eigenvalue weighted by molar-refractivity contribution is -0.119. The Morgan fingerprint density at radius 1 is 1.10 bits per heavy atom. The van der Waals surface area contributed by atoms with E-state index in [0.717, 1.165) is 25.7 Å². The molecule has 20 heavy (non-hydrogen) atoms. The standard InChI is InChI=1S/C13H21F2NO3S/c14-13(15)7-5-11(6-8-13)20(18,19)9-12(17)16-10-3-1-2-4-10/h10-11H,1-9H2,(H,16,17). The summed E-state index contributed by atoms with van der Waals surface area (Å²) in [6.45, 7) is 0. The highest BCUT2D eigenvalue weighted by atomic mass is 32.2. The van der Waals surface area contributed by atoms with Crippen molar-refractivity contribution < 1.29 is 22.0 Å². The molecule has 116 valence electrons. The zero-order valence-electron chi connectivity index (χ0n) is 11.4.